The minimum absolute atomic E-state index is 0.103. The van der Waals surface area contributed by atoms with Gasteiger partial charge in [-0.05, 0) is 30.9 Å². The maximum absolute atomic E-state index is 12.6. The van der Waals surface area contributed by atoms with Crippen LogP contribution in [0.5, 0.6) is 0 Å². The van der Waals surface area contributed by atoms with E-state index in [-0.39, 0.29) is 23.8 Å². The Hall–Kier alpha value is -1.88. The molecule has 3 rings (SSSR count). The van der Waals surface area contributed by atoms with E-state index in [1.165, 1.54) is 11.1 Å². The van der Waals surface area contributed by atoms with Gasteiger partial charge in [0, 0.05) is 25.7 Å². The summed E-state index contributed by atoms with van der Waals surface area (Å²) in [5.41, 5.74) is 8.01. The van der Waals surface area contributed by atoms with Gasteiger partial charge >= 0.3 is 0 Å². The molecular weight excluding hydrogens is 278 g/mol. The molecule has 2 aliphatic rings. The summed E-state index contributed by atoms with van der Waals surface area (Å²) in [6.45, 7) is 4.57. The first-order chi connectivity index (χ1) is 10.5. The Morgan fingerprint density at radius 3 is 2.41 bits per heavy atom. The van der Waals surface area contributed by atoms with Gasteiger partial charge in [-0.1, -0.05) is 24.3 Å². The number of hydrogen-bond donors (Lipinski definition) is 1. The summed E-state index contributed by atoms with van der Waals surface area (Å²) < 4.78 is 0. The van der Waals surface area contributed by atoms with Gasteiger partial charge in [-0.25, -0.2) is 0 Å². The van der Waals surface area contributed by atoms with Crippen molar-refractivity contribution in [2.45, 2.75) is 38.9 Å². The molecule has 1 aromatic rings. The van der Waals surface area contributed by atoms with Gasteiger partial charge in [0.15, 0.2) is 0 Å². The zero-order chi connectivity index (χ0) is 15.7. The van der Waals surface area contributed by atoms with Crippen LogP contribution in [-0.2, 0) is 22.7 Å². The molecule has 1 saturated heterocycles. The molecule has 1 fully saturated rings. The fraction of sp³-hybridized carbons (Fsp3) is 0.529. The van der Waals surface area contributed by atoms with Crippen LogP contribution in [0.2, 0.25) is 0 Å². The number of rotatable bonds is 3. The molecule has 0 unspecified atom stereocenters. The van der Waals surface area contributed by atoms with E-state index in [9.17, 15) is 9.59 Å². The zero-order valence-corrected chi connectivity index (χ0v) is 13.0. The fourth-order valence-electron chi connectivity index (χ4n) is 3.48. The van der Waals surface area contributed by atoms with Crippen LogP contribution in [0.4, 0.5) is 0 Å². The Morgan fingerprint density at radius 2 is 1.82 bits per heavy atom. The van der Waals surface area contributed by atoms with Crippen molar-refractivity contribution < 1.29 is 9.59 Å². The molecule has 22 heavy (non-hydrogen) atoms. The minimum Gasteiger partial charge on any atom is -0.369 e. The molecule has 1 aromatic carbocycles. The average molecular weight is 301 g/mol. The van der Waals surface area contributed by atoms with Gasteiger partial charge in [0.25, 0.3) is 0 Å². The van der Waals surface area contributed by atoms with Crippen molar-refractivity contribution in [2.75, 3.05) is 13.1 Å². The molecule has 2 atom stereocenters. The first-order valence-corrected chi connectivity index (χ1v) is 7.92. The topological polar surface area (TPSA) is 66.6 Å². The molecule has 0 aliphatic carbocycles. The van der Waals surface area contributed by atoms with Gasteiger partial charge < -0.3 is 10.6 Å². The Balaban J connectivity index is 1.61. The predicted molar refractivity (Wildman–Crippen MR) is 83.6 cm³/mol. The summed E-state index contributed by atoms with van der Waals surface area (Å²) in [4.78, 5) is 28.0. The summed E-state index contributed by atoms with van der Waals surface area (Å²) in [5, 5.41) is 0. The number of piperidine rings is 1. The third-order valence-electron chi connectivity index (χ3n) is 4.87. The Labute approximate surface area is 131 Å². The first-order valence-electron chi connectivity index (χ1n) is 7.92. The highest BCUT2D eigenvalue weighted by molar-refractivity contribution is 5.81. The number of carbonyl (C=O) groups is 2. The highest BCUT2D eigenvalue weighted by atomic mass is 16.2. The highest BCUT2D eigenvalue weighted by Crippen LogP contribution is 2.24. The number of carbonyl (C=O) groups excluding carboxylic acids is 2. The smallest absolute Gasteiger partial charge is 0.237 e. The van der Waals surface area contributed by atoms with Crippen molar-refractivity contribution in [3.8, 4) is 0 Å². The molecule has 5 nitrogen and oxygen atoms in total. The van der Waals surface area contributed by atoms with Gasteiger partial charge in [-0.3, -0.25) is 14.5 Å². The standard InChI is InChI=1S/C17H23N3O2/c1-12-6-7-15(17(18)22)10-20(12)16(21)11-19-8-13-4-2-3-5-14(13)9-19/h2-5,12,15H,6-11H2,1H3,(H2,18,22)/t12-,15+/m0/s1. The zero-order valence-electron chi connectivity index (χ0n) is 13.0. The normalized spacial score (nSPS) is 25.0. The van der Waals surface area contributed by atoms with E-state index >= 15 is 0 Å². The second kappa shape index (κ2) is 6.08. The summed E-state index contributed by atoms with van der Waals surface area (Å²) in [7, 11) is 0. The number of nitrogens with two attached hydrogens (primary N) is 1. The van der Waals surface area contributed by atoms with Crippen molar-refractivity contribution in [3.63, 3.8) is 0 Å². The van der Waals surface area contributed by atoms with Crippen LogP contribution >= 0.6 is 0 Å². The third-order valence-corrected chi connectivity index (χ3v) is 4.87. The largest absolute Gasteiger partial charge is 0.369 e. The summed E-state index contributed by atoms with van der Waals surface area (Å²) in [5.74, 6) is -0.388. The number of amides is 2. The third kappa shape index (κ3) is 2.99. The summed E-state index contributed by atoms with van der Waals surface area (Å²) >= 11 is 0. The molecule has 5 heteroatoms. The molecule has 118 valence electrons. The molecule has 0 radical (unpaired) electrons. The Bertz CT molecular complexity index is 562. The lowest BCUT2D eigenvalue weighted by molar-refractivity contribution is -0.138. The van der Waals surface area contributed by atoms with Crippen molar-refractivity contribution in [3.05, 3.63) is 35.4 Å². The van der Waals surface area contributed by atoms with Gasteiger partial charge in [0.1, 0.15) is 0 Å². The molecule has 0 spiro atoms. The van der Waals surface area contributed by atoms with Crippen LogP contribution < -0.4 is 5.73 Å². The molecule has 0 saturated carbocycles. The van der Waals surface area contributed by atoms with Gasteiger partial charge in [0.05, 0.1) is 12.5 Å². The van der Waals surface area contributed by atoms with Crippen LogP contribution in [0.1, 0.15) is 30.9 Å². The van der Waals surface area contributed by atoms with E-state index in [1.54, 1.807) is 0 Å². The van der Waals surface area contributed by atoms with Crippen molar-refractivity contribution in [1.82, 2.24) is 9.80 Å². The summed E-state index contributed by atoms with van der Waals surface area (Å²) in [6.07, 6.45) is 1.63. The van der Waals surface area contributed by atoms with E-state index in [0.717, 1.165) is 25.9 Å². The van der Waals surface area contributed by atoms with Gasteiger partial charge in [0.2, 0.25) is 11.8 Å². The van der Waals surface area contributed by atoms with E-state index < -0.39 is 0 Å². The number of nitrogens with zero attached hydrogens (tertiary/aromatic N) is 2. The van der Waals surface area contributed by atoms with E-state index in [0.29, 0.717) is 13.1 Å². The fourth-order valence-corrected chi connectivity index (χ4v) is 3.48. The lowest BCUT2D eigenvalue weighted by Crippen LogP contribution is -2.51. The highest BCUT2D eigenvalue weighted by Gasteiger charge is 2.32. The number of hydrogen-bond acceptors (Lipinski definition) is 3. The van der Waals surface area contributed by atoms with Crippen LogP contribution in [0, 0.1) is 5.92 Å². The molecule has 2 heterocycles. The van der Waals surface area contributed by atoms with Crippen LogP contribution in [0.3, 0.4) is 0 Å². The summed E-state index contributed by atoms with van der Waals surface area (Å²) in [6, 6.07) is 8.50. The Kier molecular flexibility index (Phi) is 4.16. The molecule has 2 aliphatic heterocycles. The van der Waals surface area contributed by atoms with Crippen molar-refractivity contribution in [2.24, 2.45) is 11.7 Å². The SMILES string of the molecule is C[C@H]1CC[C@@H](C(N)=O)CN1C(=O)CN1Cc2ccccc2C1. The van der Waals surface area contributed by atoms with E-state index in [4.69, 9.17) is 5.73 Å². The lowest BCUT2D eigenvalue weighted by Gasteiger charge is -2.37. The van der Waals surface area contributed by atoms with E-state index in [1.807, 2.05) is 24.0 Å². The molecule has 0 aromatic heterocycles. The quantitative estimate of drug-likeness (QED) is 0.909. The van der Waals surface area contributed by atoms with Crippen LogP contribution in [-0.4, -0.2) is 40.7 Å². The average Bonchev–Trinajstić information content (AvgIpc) is 2.89. The van der Waals surface area contributed by atoms with E-state index in [2.05, 4.69) is 17.0 Å². The predicted octanol–water partition coefficient (Wildman–Crippen LogP) is 1.11. The van der Waals surface area contributed by atoms with Gasteiger partial charge in [-0.2, -0.15) is 0 Å². The molecule has 0 bridgehead atoms. The van der Waals surface area contributed by atoms with Crippen molar-refractivity contribution >= 4 is 11.8 Å². The monoisotopic (exact) mass is 301 g/mol. The second-order valence-electron chi connectivity index (χ2n) is 6.49. The number of benzene rings is 1. The number of primary amides is 1. The van der Waals surface area contributed by atoms with Crippen LogP contribution in [0.15, 0.2) is 24.3 Å². The Morgan fingerprint density at radius 1 is 1.18 bits per heavy atom. The van der Waals surface area contributed by atoms with Crippen LogP contribution in [0.25, 0.3) is 0 Å². The molecule has 2 N–H and O–H groups in total. The molecule has 2 amide bonds. The lowest BCUT2D eigenvalue weighted by atomic mass is 9.93. The number of likely N-dealkylation sites (tertiary alicyclic amines) is 1. The van der Waals surface area contributed by atoms with Gasteiger partial charge in [-0.15, -0.1) is 0 Å². The number of fused-ring (bicyclic) bond motifs is 1. The minimum atomic E-state index is -0.293. The first kappa shape index (κ1) is 15.0. The maximum Gasteiger partial charge on any atom is 0.237 e. The van der Waals surface area contributed by atoms with Crippen molar-refractivity contribution in [1.29, 1.82) is 0 Å². The maximum atomic E-state index is 12.6. The second-order valence-corrected chi connectivity index (χ2v) is 6.49. The molecular formula is C17H23N3O2.